The van der Waals surface area contributed by atoms with Crippen molar-refractivity contribution in [3.8, 4) is 0 Å². The molecule has 0 aromatic rings. The molecule has 0 spiro atoms. The minimum atomic E-state index is -3.93. The molecule has 0 bridgehead atoms. The highest BCUT2D eigenvalue weighted by atomic mass is 31.2. The zero-order chi connectivity index (χ0) is 10.5. The van der Waals surface area contributed by atoms with Crippen molar-refractivity contribution in [1.29, 1.82) is 0 Å². The molecule has 0 saturated heterocycles. The summed E-state index contributed by atoms with van der Waals surface area (Å²) >= 11 is 0. The lowest BCUT2D eigenvalue weighted by Gasteiger charge is -2.16. The van der Waals surface area contributed by atoms with E-state index in [-0.39, 0.29) is 6.10 Å². The molecule has 0 aliphatic rings. The molecule has 0 fully saturated rings. The van der Waals surface area contributed by atoms with Crippen molar-refractivity contribution in [3.63, 3.8) is 0 Å². The van der Waals surface area contributed by atoms with Gasteiger partial charge in [-0.3, -0.25) is 14.4 Å². The monoisotopic (exact) mass is 209 g/mol. The molecule has 2 unspecified atom stereocenters. The minimum absolute atomic E-state index is 0.326. The molecule has 5 nitrogen and oxygen atoms in total. The molecule has 1 amide bonds. The van der Waals surface area contributed by atoms with E-state index in [2.05, 4.69) is 0 Å². The first kappa shape index (κ1) is 12.6. The Kier molecular flexibility index (Phi) is 5.21. The highest BCUT2D eigenvalue weighted by molar-refractivity contribution is 7.51. The van der Waals surface area contributed by atoms with Crippen molar-refractivity contribution in [1.82, 2.24) is 5.09 Å². The van der Waals surface area contributed by atoms with E-state index in [9.17, 15) is 9.36 Å². The summed E-state index contributed by atoms with van der Waals surface area (Å²) in [6.07, 6.45) is 1.22. The van der Waals surface area contributed by atoms with Gasteiger partial charge in [0.25, 0.3) is 0 Å². The maximum absolute atomic E-state index is 11.1. The zero-order valence-electron chi connectivity index (χ0n) is 8.11. The molecule has 0 rings (SSSR count). The molecule has 0 aliphatic carbocycles. The summed E-state index contributed by atoms with van der Waals surface area (Å²) in [4.78, 5) is 19.6. The van der Waals surface area contributed by atoms with Crippen LogP contribution in [0.2, 0.25) is 0 Å². The Balaban J connectivity index is 4.01. The van der Waals surface area contributed by atoms with Crippen LogP contribution < -0.4 is 5.09 Å². The van der Waals surface area contributed by atoms with Gasteiger partial charge in [0.05, 0.1) is 6.10 Å². The maximum atomic E-state index is 11.1. The first-order chi connectivity index (χ1) is 5.87. The summed E-state index contributed by atoms with van der Waals surface area (Å²) in [6.45, 7) is 4.80. The van der Waals surface area contributed by atoms with Crippen LogP contribution in [0.4, 0.5) is 0 Å². The second-order valence-corrected chi connectivity index (χ2v) is 4.37. The van der Waals surface area contributed by atoms with Gasteiger partial charge in [-0.05, 0) is 13.3 Å². The van der Waals surface area contributed by atoms with Crippen molar-refractivity contribution in [2.45, 2.75) is 39.7 Å². The normalized spacial score (nSPS) is 17.5. The molecular formula is C7H16NO4P. The molecule has 78 valence electrons. The summed E-state index contributed by atoms with van der Waals surface area (Å²) in [6, 6.07) is 0. The SMILES string of the molecule is CCCC(C)OP(=O)(O)NC(C)=O. The largest absolute Gasteiger partial charge is 0.432 e. The van der Waals surface area contributed by atoms with Crippen LogP contribution in [0.1, 0.15) is 33.6 Å². The van der Waals surface area contributed by atoms with Crippen LogP contribution >= 0.6 is 7.75 Å². The Morgan fingerprint density at radius 3 is 2.62 bits per heavy atom. The fourth-order valence-electron chi connectivity index (χ4n) is 0.928. The minimum Gasteiger partial charge on any atom is -0.308 e. The number of nitrogens with one attached hydrogen (secondary N) is 1. The summed E-state index contributed by atoms with van der Waals surface area (Å²) < 4.78 is 15.9. The van der Waals surface area contributed by atoms with Crippen molar-refractivity contribution in [2.75, 3.05) is 0 Å². The van der Waals surface area contributed by atoms with Crippen LogP contribution in [-0.2, 0) is 13.9 Å². The smallest absolute Gasteiger partial charge is 0.308 e. The van der Waals surface area contributed by atoms with Gasteiger partial charge in [0.1, 0.15) is 0 Å². The third-order valence-corrected chi connectivity index (χ3v) is 2.56. The van der Waals surface area contributed by atoms with Gasteiger partial charge in [0.2, 0.25) is 5.91 Å². The van der Waals surface area contributed by atoms with E-state index < -0.39 is 13.7 Å². The number of hydrogen-bond acceptors (Lipinski definition) is 3. The van der Waals surface area contributed by atoms with Crippen molar-refractivity contribution in [2.24, 2.45) is 0 Å². The molecule has 2 N–H and O–H groups in total. The molecule has 0 radical (unpaired) electrons. The van der Waals surface area contributed by atoms with Gasteiger partial charge < -0.3 is 4.89 Å². The number of carbonyl (C=O) groups excluding carboxylic acids is 1. The van der Waals surface area contributed by atoms with E-state index in [0.29, 0.717) is 6.42 Å². The quantitative estimate of drug-likeness (QED) is 0.671. The van der Waals surface area contributed by atoms with E-state index in [1.165, 1.54) is 0 Å². The lowest BCUT2D eigenvalue weighted by Crippen LogP contribution is -2.20. The van der Waals surface area contributed by atoms with Gasteiger partial charge in [-0.1, -0.05) is 13.3 Å². The van der Waals surface area contributed by atoms with Crippen LogP contribution in [0.15, 0.2) is 0 Å². The lowest BCUT2D eigenvalue weighted by molar-refractivity contribution is -0.117. The van der Waals surface area contributed by atoms with Gasteiger partial charge in [-0.2, -0.15) is 0 Å². The van der Waals surface area contributed by atoms with Crippen LogP contribution in [0.5, 0.6) is 0 Å². The Labute approximate surface area is 78.1 Å². The van der Waals surface area contributed by atoms with E-state index in [1.54, 1.807) is 6.92 Å². The zero-order valence-corrected chi connectivity index (χ0v) is 9.01. The second kappa shape index (κ2) is 5.37. The fraction of sp³-hybridized carbons (Fsp3) is 0.857. The molecule has 0 saturated carbocycles. The van der Waals surface area contributed by atoms with Crippen LogP contribution in [-0.4, -0.2) is 16.9 Å². The topological polar surface area (TPSA) is 75.6 Å². The third kappa shape index (κ3) is 6.75. The average Bonchev–Trinajstić information content (AvgIpc) is 1.81. The molecule has 13 heavy (non-hydrogen) atoms. The van der Waals surface area contributed by atoms with E-state index in [1.807, 2.05) is 12.0 Å². The van der Waals surface area contributed by atoms with E-state index >= 15 is 0 Å². The van der Waals surface area contributed by atoms with E-state index in [4.69, 9.17) is 9.42 Å². The molecule has 0 aromatic carbocycles. The van der Waals surface area contributed by atoms with Crippen LogP contribution in [0.25, 0.3) is 0 Å². The highest BCUT2D eigenvalue weighted by Crippen LogP contribution is 2.38. The van der Waals surface area contributed by atoms with Crippen molar-refractivity contribution in [3.05, 3.63) is 0 Å². The Bertz CT molecular complexity index is 219. The summed E-state index contributed by atoms with van der Waals surface area (Å²) in [5.74, 6) is -0.575. The molecular weight excluding hydrogens is 193 g/mol. The third-order valence-electron chi connectivity index (χ3n) is 1.32. The number of hydrogen-bond donors (Lipinski definition) is 2. The van der Waals surface area contributed by atoms with Gasteiger partial charge >= 0.3 is 7.75 Å². The molecule has 0 aromatic heterocycles. The molecule has 6 heteroatoms. The predicted molar refractivity (Wildman–Crippen MR) is 49.1 cm³/mol. The molecule has 0 heterocycles. The first-order valence-corrected chi connectivity index (χ1v) is 5.75. The van der Waals surface area contributed by atoms with Gasteiger partial charge in [0.15, 0.2) is 0 Å². The standard InChI is InChI=1S/C7H16NO4P/c1-4-5-6(2)12-13(10,11)8-7(3)9/h6H,4-5H2,1-3H3,(H2,8,9,10,11). The molecule has 2 atom stereocenters. The van der Waals surface area contributed by atoms with Crippen LogP contribution in [0, 0.1) is 0 Å². The molecule has 0 aliphatic heterocycles. The summed E-state index contributed by atoms with van der Waals surface area (Å²) in [5.41, 5.74) is 0. The van der Waals surface area contributed by atoms with E-state index in [0.717, 1.165) is 13.3 Å². The Hall–Kier alpha value is -0.380. The highest BCUT2D eigenvalue weighted by Gasteiger charge is 2.23. The number of carbonyl (C=O) groups is 1. The van der Waals surface area contributed by atoms with Crippen molar-refractivity contribution >= 4 is 13.7 Å². The average molecular weight is 209 g/mol. The summed E-state index contributed by atoms with van der Waals surface area (Å²) in [7, 11) is -3.93. The maximum Gasteiger partial charge on any atom is 0.432 e. The fourth-order valence-corrected chi connectivity index (χ4v) is 1.97. The number of amides is 1. The van der Waals surface area contributed by atoms with Gasteiger partial charge in [-0.25, -0.2) is 4.57 Å². The van der Waals surface area contributed by atoms with Gasteiger partial charge in [0, 0.05) is 6.92 Å². The van der Waals surface area contributed by atoms with Crippen molar-refractivity contribution < 1.29 is 18.8 Å². The Morgan fingerprint density at radius 2 is 2.23 bits per heavy atom. The lowest BCUT2D eigenvalue weighted by atomic mass is 10.2. The number of rotatable bonds is 5. The van der Waals surface area contributed by atoms with Crippen LogP contribution in [0.3, 0.4) is 0 Å². The Morgan fingerprint density at radius 1 is 1.69 bits per heavy atom. The second-order valence-electron chi connectivity index (χ2n) is 2.89. The predicted octanol–water partition coefficient (Wildman–Crippen LogP) is 1.43. The first-order valence-electron chi connectivity index (χ1n) is 4.17. The summed E-state index contributed by atoms with van der Waals surface area (Å²) in [5, 5.41) is 1.86. The van der Waals surface area contributed by atoms with Gasteiger partial charge in [-0.15, -0.1) is 0 Å².